The lowest BCUT2D eigenvalue weighted by Crippen LogP contribution is -2.38. The van der Waals surface area contributed by atoms with Gasteiger partial charge in [-0.2, -0.15) is 4.98 Å². The molecule has 0 radical (unpaired) electrons. The minimum Gasteiger partial charge on any atom is -0.445 e. The molecule has 0 spiro atoms. The molecule has 168 valence electrons. The van der Waals surface area contributed by atoms with E-state index in [9.17, 15) is 4.79 Å². The summed E-state index contributed by atoms with van der Waals surface area (Å²) in [4.78, 5) is 23.5. The van der Waals surface area contributed by atoms with Gasteiger partial charge in [-0.15, -0.1) is 0 Å². The number of nitrogens with zero attached hydrogens (tertiary/aromatic N) is 3. The van der Waals surface area contributed by atoms with Gasteiger partial charge in [0.15, 0.2) is 0 Å². The van der Waals surface area contributed by atoms with E-state index in [1.54, 1.807) is 0 Å². The van der Waals surface area contributed by atoms with Gasteiger partial charge in [0.1, 0.15) is 12.4 Å². The van der Waals surface area contributed by atoms with Gasteiger partial charge in [0.05, 0.1) is 5.52 Å². The summed E-state index contributed by atoms with van der Waals surface area (Å²) in [5.41, 5.74) is 1.93. The van der Waals surface area contributed by atoms with Crippen molar-refractivity contribution in [2.75, 3.05) is 30.9 Å². The highest BCUT2D eigenvalue weighted by molar-refractivity contribution is 5.90. The van der Waals surface area contributed by atoms with E-state index in [0.29, 0.717) is 18.5 Å². The Balaban J connectivity index is 1.23. The number of carbonyl (C=O) groups is 1. The van der Waals surface area contributed by atoms with Gasteiger partial charge < -0.3 is 20.3 Å². The van der Waals surface area contributed by atoms with E-state index in [4.69, 9.17) is 9.72 Å². The van der Waals surface area contributed by atoms with Crippen molar-refractivity contribution in [2.24, 2.45) is 5.92 Å². The Morgan fingerprint density at radius 1 is 1.00 bits per heavy atom. The van der Waals surface area contributed by atoms with Crippen molar-refractivity contribution in [1.29, 1.82) is 0 Å². The molecule has 1 amide bonds. The van der Waals surface area contributed by atoms with Gasteiger partial charge in [-0.3, -0.25) is 0 Å². The van der Waals surface area contributed by atoms with Crippen LogP contribution in [0.5, 0.6) is 0 Å². The fraction of sp³-hybridized carbons (Fsp3) is 0.400. The molecule has 32 heavy (non-hydrogen) atoms. The summed E-state index contributed by atoms with van der Waals surface area (Å²) in [5.74, 6) is 2.11. The molecule has 2 aromatic carbocycles. The van der Waals surface area contributed by atoms with E-state index in [1.807, 2.05) is 73.6 Å². The van der Waals surface area contributed by atoms with Crippen molar-refractivity contribution in [1.82, 2.24) is 15.3 Å². The maximum absolute atomic E-state index is 12.1. The van der Waals surface area contributed by atoms with Crippen LogP contribution in [0.15, 0.2) is 54.6 Å². The normalized spacial score (nSPS) is 18.2. The van der Waals surface area contributed by atoms with Gasteiger partial charge in [0.2, 0.25) is 5.95 Å². The molecular weight excluding hydrogens is 402 g/mol. The molecule has 3 aromatic rings. The fourth-order valence-corrected chi connectivity index (χ4v) is 4.16. The Morgan fingerprint density at radius 2 is 1.72 bits per heavy atom. The topological polar surface area (TPSA) is 79.4 Å². The number of nitrogens with one attached hydrogen (secondary N) is 2. The zero-order chi connectivity index (χ0) is 22.3. The minimum atomic E-state index is -0.337. The zero-order valence-electron chi connectivity index (χ0n) is 18.8. The summed E-state index contributed by atoms with van der Waals surface area (Å²) < 4.78 is 5.35. The average molecular weight is 434 g/mol. The first-order chi connectivity index (χ1) is 15.6. The van der Waals surface area contributed by atoms with Crippen molar-refractivity contribution in [3.63, 3.8) is 0 Å². The summed E-state index contributed by atoms with van der Waals surface area (Å²) >= 11 is 0. The third kappa shape index (κ3) is 5.66. The molecule has 1 fully saturated rings. The maximum atomic E-state index is 12.1. The predicted octanol–water partition coefficient (Wildman–Crippen LogP) is 4.59. The number of carbonyl (C=O) groups excluding carboxylic acids is 1. The number of amides is 1. The van der Waals surface area contributed by atoms with Gasteiger partial charge in [0, 0.05) is 32.1 Å². The summed E-state index contributed by atoms with van der Waals surface area (Å²) in [7, 11) is 4.00. The highest BCUT2D eigenvalue weighted by Crippen LogP contribution is 2.26. The molecule has 1 heterocycles. The Kier molecular flexibility index (Phi) is 7.04. The van der Waals surface area contributed by atoms with Crippen LogP contribution in [-0.4, -0.2) is 42.7 Å². The Morgan fingerprint density at radius 3 is 2.47 bits per heavy atom. The molecule has 1 aliphatic rings. The second-order valence-corrected chi connectivity index (χ2v) is 8.59. The van der Waals surface area contributed by atoms with E-state index in [2.05, 4.69) is 15.6 Å². The predicted molar refractivity (Wildman–Crippen MR) is 128 cm³/mol. The molecule has 7 heteroatoms. The van der Waals surface area contributed by atoms with Crippen molar-refractivity contribution < 1.29 is 9.53 Å². The van der Waals surface area contributed by atoms with Crippen LogP contribution in [0.25, 0.3) is 10.9 Å². The smallest absolute Gasteiger partial charge is 0.407 e. The Labute approximate surface area is 189 Å². The van der Waals surface area contributed by atoms with Crippen LogP contribution in [0.3, 0.4) is 0 Å². The number of hydrogen-bond acceptors (Lipinski definition) is 6. The van der Waals surface area contributed by atoms with E-state index in [0.717, 1.165) is 54.5 Å². The summed E-state index contributed by atoms with van der Waals surface area (Å²) in [6, 6.07) is 18.0. The third-order valence-electron chi connectivity index (χ3n) is 5.94. The number of aromatic nitrogens is 2. The van der Waals surface area contributed by atoms with Gasteiger partial charge >= 0.3 is 6.09 Å². The second kappa shape index (κ2) is 10.3. The molecule has 2 N–H and O–H groups in total. The Hall–Kier alpha value is -3.35. The van der Waals surface area contributed by atoms with Gasteiger partial charge in [-0.05, 0) is 49.3 Å². The molecule has 0 aliphatic heterocycles. The number of ether oxygens (including phenoxy) is 1. The number of para-hydroxylation sites is 1. The summed E-state index contributed by atoms with van der Waals surface area (Å²) in [6.07, 6.45) is 3.66. The van der Waals surface area contributed by atoms with Gasteiger partial charge in [0.25, 0.3) is 0 Å². The van der Waals surface area contributed by atoms with E-state index in [1.165, 1.54) is 0 Å². The highest BCUT2D eigenvalue weighted by atomic mass is 16.5. The molecule has 1 saturated carbocycles. The molecule has 0 unspecified atom stereocenters. The number of anilines is 2. The minimum absolute atomic E-state index is 0.173. The van der Waals surface area contributed by atoms with Crippen LogP contribution in [0.4, 0.5) is 16.6 Å². The van der Waals surface area contributed by atoms with E-state index in [-0.39, 0.29) is 12.1 Å². The first-order valence-electron chi connectivity index (χ1n) is 11.2. The largest absolute Gasteiger partial charge is 0.445 e. The molecule has 0 atom stereocenters. The lowest BCUT2D eigenvalue weighted by Gasteiger charge is -2.29. The first-order valence-corrected chi connectivity index (χ1v) is 11.2. The van der Waals surface area contributed by atoms with Crippen LogP contribution < -0.4 is 15.5 Å². The van der Waals surface area contributed by atoms with Crippen molar-refractivity contribution in [2.45, 2.75) is 38.3 Å². The van der Waals surface area contributed by atoms with Crippen LogP contribution in [0.1, 0.15) is 31.2 Å². The van der Waals surface area contributed by atoms with Crippen LogP contribution in [0.2, 0.25) is 0 Å². The average Bonchev–Trinajstić information content (AvgIpc) is 2.82. The van der Waals surface area contributed by atoms with Crippen LogP contribution >= 0.6 is 0 Å². The number of hydrogen-bond donors (Lipinski definition) is 2. The number of alkyl carbamates (subject to hydrolysis) is 1. The molecule has 1 aliphatic carbocycles. The molecule has 0 saturated heterocycles. The van der Waals surface area contributed by atoms with Crippen molar-refractivity contribution >= 4 is 28.8 Å². The highest BCUT2D eigenvalue weighted by Gasteiger charge is 2.23. The summed E-state index contributed by atoms with van der Waals surface area (Å²) in [5, 5.41) is 7.50. The SMILES string of the molecule is CN(C)c1nc(NCC2CCC(NC(=O)OCc3ccccc3)CC2)nc2ccccc12. The van der Waals surface area contributed by atoms with Crippen LogP contribution in [0, 0.1) is 5.92 Å². The monoisotopic (exact) mass is 433 g/mol. The number of fused-ring (bicyclic) bond motifs is 1. The summed E-state index contributed by atoms with van der Waals surface area (Å²) in [6.45, 7) is 1.13. The lowest BCUT2D eigenvalue weighted by molar-refractivity contribution is 0.131. The quantitative estimate of drug-likeness (QED) is 0.567. The molecule has 7 nitrogen and oxygen atoms in total. The Bertz CT molecular complexity index is 1030. The van der Waals surface area contributed by atoms with Gasteiger partial charge in [-0.1, -0.05) is 42.5 Å². The number of rotatable bonds is 7. The molecule has 0 bridgehead atoms. The van der Waals surface area contributed by atoms with E-state index < -0.39 is 0 Å². The van der Waals surface area contributed by atoms with Crippen molar-refractivity contribution in [3.05, 3.63) is 60.2 Å². The standard InChI is InChI=1S/C25H31N5O2/c1-30(2)23-21-10-6-7-11-22(21)28-24(29-23)26-16-18-12-14-20(15-13-18)27-25(31)32-17-19-8-4-3-5-9-19/h3-11,18,20H,12-17H2,1-2H3,(H,27,31)(H,26,28,29). The fourth-order valence-electron chi connectivity index (χ4n) is 4.16. The zero-order valence-corrected chi connectivity index (χ0v) is 18.8. The molecular formula is C25H31N5O2. The maximum Gasteiger partial charge on any atom is 0.407 e. The van der Waals surface area contributed by atoms with Crippen molar-refractivity contribution in [3.8, 4) is 0 Å². The second-order valence-electron chi connectivity index (χ2n) is 8.59. The van der Waals surface area contributed by atoms with Gasteiger partial charge in [-0.25, -0.2) is 9.78 Å². The first kappa shape index (κ1) is 21.9. The number of benzene rings is 2. The van der Waals surface area contributed by atoms with Crippen LogP contribution in [-0.2, 0) is 11.3 Å². The molecule has 1 aromatic heterocycles. The lowest BCUT2D eigenvalue weighted by atomic mass is 9.86. The van der Waals surface area contributed by atoms with E-state index >= 15 is 0 Å². The molecule has 4 rings (SSSR count). The third-order valence-corrected chi connectivity index (χ3v) is 5.94.